The predicted molar refractivity (Wildman–Crippen MR) is 93.8 cm³/mol. The number of aliphatic hydroxyl groups excluding tert-OH is 1. The van der Waals surface area contributed by atoms with E-state index >= 15 is 0 Å². The maximum absolute atomic E-state index is 12.2. The van der Waals surface area contributed by atoms with Crippen LogP contribution in [0.5, 0.6) is 0 Å². The molecular weight excluding hydrogens is 318 g/mol. The molecule has 1 atom stereocenters. The number of hydrogen-bond donors (Lipinski definition) is 2. The molecule has 0 saturated carbocycles. The van der Waals surface area contributed by atoms with Gasteiger partial charge in [0.15, 0.2) is 5.82 Å². The molecule has 2 aromatic heterocycles. The van der Waals surface area contributed by atoms with Crippen LogP contribution in [-0.2, 0) is 0 Å². The first kappa shape index (κ1) is 17.4. The maximum Gasteiger partial charge on any atom is 0.254 e. The molecule has 1 amide bonds. The molecular formula is C18H23N5O2. The van der Waals surface area contributed by atoms with Gasteiger partial charge in [0, 0.05) is 56.6 Å². The van der Waals surface area contributed by atoms with Crippen molar-refractivity contribution in [2.24, 2.45) is 5.92 Å². The summed E-state index contributed by atoms with van der Waals surface area (Å²) in [4.78, 5) is 26.9. The van der Waals surface area contributed by atoms with Crippen LogP contribution in [0.3, 0.4) is 0 Å². The van der Waals surface area contributed by atoms with E-state index in [2.05, 4.69) is 25.2 Å². The first-order chi connectivity index (χ1) is 12.3. The predicted octanol–water partition coefficient (Wildman–Crippen LogP) is 0.973. The molecule has 25 heavy (non-hydrogen) atoms. The van der Waals surface area contributed by atoms with E-state index in [1.54, 1.807) is 24.8 Å². The average Bonchev–Trinajstić information content (AvgIpc) is 2.69. The number of carbonyl (C=O) groups excluding carboxylic acids is 1. The van der Waals surface area contributed by atoms with Gasteiger partial charge in [-0.15, -0.1) is 0 Å². The van der Waals surface area contributed by atoms with E-state index in [-0.39, 0.29) is 12.5 Å². The van der Waals surface area contributed by atoms with Crippen LogP contribution in [0.4, 0.5) is 0 Å². The van der Waals surface area contributed by atoms with Crippen LogP contribution in [0.1, 0.15) is 23.2 Å². The van der Waals surface area contributed by atoms with E-state index in [0.29, 0.717) is 23.9 Å². The highest BCUT2D eigenvalue weighted by atomic mass is 16.3. The Labute approximate surface area is 147 Å². The lowest BCUT2D eigenvalue weighted by molar-refractivity contribution is 0.0930. The highest BCUT2D eigenvalue weighted by Gasteiger charge is 2.18. The lowest BCUT2D eigenvalue weighted by Gasteiger charge is -2.31. The number of amides is 1. The van der Waals surface area contributed by atoms with Gasteiger partial charge in [-0.05, 0) is 37.4 Å². The van der Waals surface area contributed by atoms with Crippen molar-refractivity contribution in [1.82, 2.24) is 25.2 Å². The highest BCUT2D eigenvalue weighted by Crippen LogP contribution is 2.15. The minimum atomic E-state index is -0.169. The number of nitrogens with one attached hydrogen (secondary N) is 1. The Morgan fingerprint density at radius 1 is 1.28 bits per heavy atom. The molecule has 2 aromatic rings. The van der Waals surface area contributed by atoms with Crippen LogP contribution in [0.15, 0.2) is 36.9 Å². The summed E-state index contributed by atoms with van der Waals surface area (Å²) < 4.78 is 0. The van der Waals surface area contributed by atoms with Gasteiger partial charge in [-0.1, -0.05) is 0 Å². The second-order valence-electron chi connectivity index (χ2n) is 6.28. The number of hydrogen-bond acceptors (Lipinski definition) is 6. The fourth-order valence-corrected chi connectivity index (χ4v) is 3.03. The monoisotopic (exact) mass is 341 g/mol. The fraction of sp³-hybridized carbons (Fsp3) is 0.444. The summed E-state index contributed by atoms with van der Waals surface area (Å²) >= 11 is 0. The molecule has 7 heteroatoms. The van der Waals surface area contributed by atoms with Crippen LogP contribution in [0, 0.1) is 5.92 Å². The number of pyridine rings is 1. The van der Waals surface area contributed by atoms with E-state index in [1.807, 2.05) is 12.1 Å². The number of rotatable bonds is 6. The molecule has 0 aliphatic carbocycles. The Hall–Kier alpha value is -2.38. The molecule has 2 N–H and O–H groups in total. The lowest BCUT2D eigenvalue weighted by Crippen LogP contribution is -2.41. The topological polar surface area (TPSA) is 91.2 Å². The number of likely N-dealkylation sites (tertiary alicyclic amines) is 1. The second-order valence-corrected chi connectivity index (χ2v) is 6.28. The molecule has 0 unspecified atom stereocenters. The number of carbonyl (C=O) groups is 1. The van der Waals surface area contributed by atoms with Gasteiger partial charge in [0.25, 0.3) is 5.91 Å². The van der Waals surface area contributed by atoms with Gasteiger partial charge in [0.05, 0.1) is 5.56 Å². The molecule has 7 nitrogen and oxygen atoms in total. The van der Waals surface area contributed by atoms with Gasteiger partial charge in [-0.2, -0.15) is 0 Å². The van der Waals surface area contributed by atoms with Crippen molar-refractivity contribution < 1.29 is 9.90 Å². The summed E-state index contributed by atoms with van der Waals surface area (Å²) in [6.07, 6.45) is 8.63. The smallest absolute Gasteiger partial charge is 0.254 e. The zero-order valence-corrected chi connectivity index (χ0v) is 14.1. The van der Waals surface area contributed by atoms with Gasteiger partial charge >= 0.3 is 0 Å². The molecule has 1 saturated heterocycles. The Balaban J connectivity index is 1.48. The first-order valence-corrected chi connectivity index (χ1v) is 8.60. The summed E-state index contributed by atoms with van der Waals surface area (Å²) in [6.45, 7) is 3.53. The molecule has 0 bridgehead atoms. The van der Waals surface area contributed by atoms with Gasteiger partial charge in [0.2, 0.25) is 0 Å². The largest absolute Gasteiger partial charge is 0.396 e. The standard InChI is InChI=1S/C18H23N5O2/c24-13-14-2-1-8-23(12-14)9-7-20-18(25)16-10-21-17(22-11-16)15-3-5-19-6-4-15/h3-6,10-11,14,24H,1-2,7-9,12-13H2,(H,20,25)/t14-/m1/s1. The molecule has 0 aromatic carbocycles. The van der Waals surface area contributed by atoms with Crippen LogP contribution in [0.2, 0.25) is 0 Å². The summed E-state index contributed by atoms with van der Waals surface area (Å²) in [5, 5.41) is 12.2. The number of aliphatic hydroxyl groups is 1. The summed E-state index contributed by atoms with van der Waals surface area (Å²) in [5.74, 6) is 0.762. The number of aromatic nitrogens is 3. The number of nitrogens with zero attached hydrogens (tertiary/aromatic N) is 4. The number of piperidine rings is 1. The maximum atomic E-state index is 12.2. The summed E-state index contributed by atoms with van der Waals surface area (Å²) in [7, 11) is 0. The minimum absolute atomic E-state index is 0.169. The summed E-state index contributed by atoms with van der Waals surface area (Å²) in [6, 6.07) is 3.65. The molecule has 3 rings (SSSR count). The van der Waals surface area contributed by atoms with E-state index in [0.717, 1.165) is 38.0 Å². The molecule has 1 fully saturated rings. The van der Waals surface area contributed by atoms with E-state index in [4.69, 9.17) is 0 Å². The van der Waals surface area contributed by atoms with Gasteiger partial charge < -0.3 is 15.3 Å². The van der Waals surface area contributed by atoms with Crippen molar-refractivity contribution in [2.45, 2.75) is 12.8 Å². The summed E-state index contributed by atoms with van der Waals surface area (Å²) in [5.41, 5.74) is 1.31. The third-order valence-electron chi connectivity index (χ3n) is 4.43. The second kappa shape index (κ2) is 8.64. The van der Waals surface area contributed by atoms with Gasteiger partial charge in [-0.25, -0.2) is 9.97 Å². The Morgan fingerprint density at radius 3 is 2.76 bits per heavy atom. The normalized spacial score (nSPS) is 18.0. The molecule has 1 aliphatic heterocycles. The van der Waals surface area contributed by atoms with Crippen molar-refractivity contribution in [3.8, 4) is 11.4 Å². The van der Waals surface area contributed by atoms with Gasteiger partial charge in [-0.3, -0.25) is 9.78 Å². The van der Waals surface area contributed by atoms with Crippen molar-refractivity contribution in [1.29, 1.82) is 0 Å². The van der Waals surface area contributed by atoms with Crippen LogP contribution in [0.25, 0.3) is 11.4 Å². The van der Waals surface area contributed by atoms with E-state index in [9.17, 15) is 9.90 Å². The third kappa shape index (κ3) is 4.80. The van der Waals surface area contributed by atoms with Crippen LogP contribution in [-0.4, -0.2) is 63.7 Å². The van der Waals surface area contributed by atoms with Crippen molar-refractivity contribution in [3.63, 3.8) is 0 Å². The fourth-order valence-electron chi connectivity index (χ4n) is 3.03. The SMILES string of the molecule is O=C(NCCN1CCC[C@@H](CO)C1)c1cnc(-c2ccncc2)nc1. The average molecular weight is 341 g/mol. The first-order valence-electron chi connectivity index (χ1n) is 8.60. The van der Waals surface area contributed by atoms with Crippen molar-refractivity contribution in [3.05, 3.63) is 42.5 Å². The molecule has 3 heterocycles. The minimum Gasteiger partial charge on any atom is -0.396 e. The third-order valence-corrected chi connectivity index (χ3v) is 4.43. The van der Waals surface area contributed by atoms with E-state index < -0.39 is 0 Å². The molecule has 0 spiro atoms. The Kier molecular flexibility index (Phi) is 6.03. The molecule has 1 aliphatic rings. The van der Waals surface area contributed by atoms with Crippen LogP contribution < -0.4 is 5.32 Å². The Bertz CT molecular complexity index is 678. The molecule has 132 valence electrons. The zero-order chi connectivity index (χ0) is 17.5. The Morgan fingerprint density at radius 2 is 2.04 bits per heavy atom. The lowest BCUT2D eigenvalue weighted by atomic mass is 9.99. The van der Waals surface area contributed by atoms with Crippen LogP contribution >= 0.6 is 0 Å². The van der Waals surface area contributed by atoms with Crippen molar-refractivity contribution >= 4 is 5.91 Å². The quantitative estimate of drug-likeness (QED) is 0.814. The highest BCUT2D eigenvalue weighted by molar-refractivity contribution is 5.93. The van der Waals surface area contributed by atoms with Crippen molar-refractivity contribution in [2.75, 3.05) is 32.8 Å². The van der Waals surface area contributed by atoms with Gasteiger partial charge in [0.1, 0.15) is 0 Å². The zero-order valence-electron chi connectivity index (χ0n) is 14.1. The molecule has 0 radical (unpaired) electrons. The van der Waals surface area contributed by atoms with E-state index in [1.165, 1.54) is 0 Å².